The van der Waals surface area contributed by atoms with Crippen LogP contribution in [0.1, 0.15) is 88.0 Å². The van der Waals surface area contributed by atoms with E-state index in [1.807, 2.05) is 6.07 Å². The van der Waals surface area contributed by atoms with Gasteiger partial charge in [0.2, 0.25) is 17.7 Å². The Kier molecular flexibility index (Phi) is 8.32. The summed E-state index contributed by atoms with van der Waals surface area (Å²) in [6.07, 6.45) is 9.03. The number of hydrogen-bond acceptors (Lipinski definition) is 6. The molecule has 0 spiro atoms. The van der Waals surface area contributed by atoms with Gasteiger partial charge in [-0.15, -0.1) is 0 Å². The molecule has 1 atom stereocenters. The van der Waals surface area contributed by atoms with Crippen LogP contribution in [-0.2, 0) is 21.5 Å². The molecule has 8 nitrogen and oxygen atoms in total. The summed E-state index contributed by atoms with van der Waals surface area (Å²) in [4.78, 5) is 31.6. The van der Waals surface area contributed by atoms with Crippen LogP contribution < -0.4 is 10.6 Å². The van der Waals surface area contributed by atoms with Gasteiger partial charge in [0.15, 0.2) is 5.82 Å². The number of aromatic nitrogens is 2. The molecule has 1 unspecified atom stereocenters. The number of carbonyl (C=O) groups excluding carboxylic acids is 2. The molecule has 1 aliphatic heterocycles. The number of amides is 2. The van der Waals surface area contributed by atoms with Crippen LogP contribution >= 0.6 is 0 Å². The molecule has 0 bridgehead atoms. The van der Waals surface area contributed by atoms with Crippen molar-refractivity contribution in [1.82, 2.24) is 25.7 Å². The molecule has 184 valence electrons. The zero-order chi connectivity index (χ0) is 23.8. The van der Waals surface area contributed by atoms with Gasteiger partial charge in [-0.05, 0) is 44.3 Å². The van der Waals surface area contributed by atoms with Gasteiger partial charge in [0.05, 0.1) is 6.04 Å². The maximum Gasteiger partial charge on any atom is 0.227 e. The van der Waals surface area contributed by atoms with Crippen LogP contribution in [0.4, 0.5) is 0 Å². The highest BCUT2D eigenvalue weighted by molar-refractivity contribution is 5.76. The average molecular weight is 468 g/mol. The van der Waals surface area contributed by atoms with Crippen LogP contribution in [0.3, 0.4) is 0 Å². The Morgan fingerprint density at radius 3 is 2.44 bits per heavy atom. The van der Waals surface area contributed by atoms with E-state index in [1.165, 1.54) is 25.3 Å². The van der Waals surface area contributed by atoms with Crippen LogP contribution in [-0.4, -0.2) is 46.5 Å². The van der Waals surface area contributed by atoms with Crippen molar-refractivity contribution in [3.8, 4) is 0 Å². The first-order valence-corrected chi connectivity index (χ1v) is 12.7. The molecular weight excluding hydrogens is 430 g/mol. The Labute approximate surface area is 201 Å². The van der Waals surface area contributed by atoms with Gasteiger partial charge in [0.25, 0.3) is 0 Å². The van der Waals surface area contributed by atoms with Crippen molar-refractivity contribution in [2.45, 2.75) is 82.7 Å². The number of carbonyl (C=O) groups is 2. The first kappa shape index (κ1) is 24.4. The fraction of sp³-hybridized carbons (Fsp3) is 0.615. The number of hydrogen-bond donors (Lipinski definition) is 2. The lowest BCUT2D eigenvalue weighted by Gasteiger charge is -2.30. The van der Waals surface area contributed by atoms with Gasteiger partial charge in [-0.25, -0.2) is 0 Å². The summed E-state index contributed by atoms with van der Waals surface area (Å²) in [5, 5.41) is 10.4. The first-order chi connectivity index (χ1) is 16.6. The van der Waals surface area contributed by atoms with Gasteiger partial charge in [0.1, 0.15) is 5.54 Å². The van der Waals surface area contributed by atoms with Crippen LogP contribution in [0.15, 0.2) is 34.9 Å². The quantitative estimate of drug-likeness (QED) is 0.546. The molecule has 1 saturated heterocycles. The second-order valence-corrected chi connectivity index (χ2v) is 9.66. The van der Waals surface area contributed by atoms with Gasteiger partial charge in [0, 0.05) is 26.3 Å². The molecule has 1 aliphatic carbocycles. The summed E-state index contributed by atoms with van der Waals surface area (Å²) in [6.45, 7) is 4.25. The Bertz CT molecular complexity index is 931. The van der Waals surface area contributed by atoms with Gasteiger partial charge in [-0.3, -0.25) is 14.5 Å². The van der Waals surface area contributed by atoms with Crippen molar-refractivity contribution in [3.05, 3.63) is 47.6 Å². The standard InChI is InChI=1S/C26H37N5O3/c1-20(32)29-26(15-7-2-3-8-16-26)25-28-24(34-30-25)14-13-23(33)27-19-22(31-17-9-10-18-31)21-11-5-4-6-12-21/h4-6,11-12,22H,2-3,7-10,13-19H2,1H3,(H,27,33)(H,29,32). The first-order valence-electron chi connectivity index (χ1n) is 12.7. The van der Waals surface area contributed by atoms with E-state index in [0.29, 0.717) is 24.7 Å². The minimum Gasteiger partial charge on any atom is -0.354 e. The molecule has 2 heterocycles. The van der Waals surface area contributed by atoms with Crippen LogP contribution in [0.2, 0.25) is 0 Å². The predicted molar refractivity (Wildman–Crippen MR) is 129 cm³/mol. The van der Waals surface area contributed by atoms with Crippen LogP contribution in [0.25, 0.3) is 0 Å². The zero-order valence-electron chi connectivity index (χ0n) is 20.2. The molecule has 1 saturated carbocycles. The maximum absolute atomic E-state index is 12.7. The van der Waals surface area contributed by atoms with E-state index in [4.69, 9.17) is 4.52 Å². The summed E-state index contributed by atoms with van der Waals surface area (Å²) in [5.74, 6) is 0.876. The van der Waals surface area contributed by atoms with Crippen LogP contribution in [0.5, 0.6) is 0 Å². The van der Waals surface area contributed by atoms with E-state index < -0.39 is 5.54 Å². The molecule has 1 aromatic heterocycles. The predicted octanol–water partition coefficient (Wildman–Crippen LogP) is 3.64. The topological polar surface area (TPSA) is 100 Å². The summed E-state index contributed by atoms with van der Waals surface area (Å²) in [5.41, 5.74) is 0.670. The molecule has 0 radical (unpaired) electrons. The largest absolute Gasteiger partial charge is 0.354 e. The normalized spacial score (nSPS) is 19.3. The Balaban J connectivity index is 1.33. The second-order valence-electron chi connectivity index (χ2n) is 9.66. The van der Waals surface area contributed by atoms with Crippen molar-refractivity contribution in [2.75, 3.05) is 19.6 Å². The lowest BCUT2D eigenvalue weighted by molar-refractivity contribution is -0.122. The molecule has 8 heteroatoms. The van der Waals surface area contributed by atoms with Gasteiger partial charge < -0.3 is 15.2 Å². The fourth-order valence-corrected chi connectivity index (χ4v) is 5.33. The molecule has 2 amide bonds. The third-order valence-corrected chi connectivity index (χ3v) is 7.09. The van der Waals surface area contributed by atoms with Gasteiger partial charge in [-0.1, -0.05) is 61.2 Å². The van der Waals surface area contributed by atoms with Gasteiger partial charge in [-0.2, -0.15) is 4.98 Å². The summed E-state index contributed by atoms with van der Waals surface area (Å²) < 4.78 is 5.49. The lowest BCUT2D eigenvalue weighted by Crippen LogP contribution is -2.45. The molecule has 2 aliphatic rings. The Morgan fingerprint density at radius 1 is 1.06 bits per heavy atom. The third kappa shape index (κ3) is 6.23. The summed E-state index contributed by atoms with van der Waals surface area (Å²) in [7, 11) is 0. The van der Waals surface area contributed by atoms with Crippen molar-refractivity contribution in [3.63, 3.8) is 0 Å². The number of aryl methyl sites for hydroxylation is 1. The molecule has 4 rings (SSSR count). The zero-order valence-corrected chi connectivity index (χ0v) is 20.2. The average Bonchev–Trinajstić information content (AvgIpc) is 3.48. The smallest absolute Gasteiger partial charge is 0.227 e. The summed E-state index contributed by atoms with van der Waals surface area (Å²) >= 11 is 0. The highest BCUT2D eigenvalue weighted by Crippen LogP contribution is 2.34. The number of nitrogens with one attached hydrogen (secondary N) is 2. The van der Waals surface area contributed by atoms with E-state index in [2.05, 4.69) is 49.9 Å². The van der Waals surface area contributed by atoms with E-state index in [-0.39, 0.29) is 24.3 Å². The maximum atomic E-state index is 12.7. The molecule has 2 fully saturated rings. The van der Waals surface area contributed by atoms with Crippen molar-refractivity contribution in [1.29, 1.82) is 0 Å². The van der Waals surface area contributed by atoms with Crippen LogP contribution in [0, 0.1) is 0 Å². The summed E-state index contributed by atoms with van der Waals surface area (Å²) in [6, 6.07) is 10.6. The number of benzene rings is 1. The lowest BCUT2D eigenvalue weighted by atomic mass is 9.89. The van der Waals surface area contributed by atoms with E-state index in [0.717, 1.165) is 51.6 Å². The molecule has 1 aromatic carbocycles. The van der Waals surface area contributed by atoms with Crippen molar-refractivity contribution < 1.29 is 14.1 Å². The number of rotatable bonds is 9. The SMILES string of the molecule is CC(=O)NC1(c2noc(CCC(=O)NCC(c3ccccc3)N3CCCC3)n2)CCCCCC1. The third-order valence-electron chi connectivity index (χ3n) is 7.09. The van der Waals surface area contributed by atoms with Crippen molar-refractivity contribution >= 4 is 11.8 Å². The fourth-order valence-electron chi connectivity index (χ4n) is 5.33. The molecule has 34 heavy (non-hydrogen) atoms. The van der Waals surface area contributed by atoms with E-state index in [1.54, 1.807) is 0 Å². The van der Waals surface area contributed by atoms with E-state index in [9.17, 15) is 9.59 Å². The number of likely N-dealkylation sites (tertiary alicyclic amines) is 1. The second kappa shape index (κ2) is 11.6. The monoisotopic (exact) mass is 467 g/mol. The molecule has 2 N–H and O–H groups in total. The Hall–Kier alpha value is -2.74. The van der Waals surface area contributed by atoms with E-state index >= 15 is 0 Å². The van der Waals surface area contributed by atoms with Crippen molar-refractivity contribution in [2.24, 2.45) is 0 Å². The number of nitrogens with zero attached hydrogens (tertiary/aromatic N) is 3. The highest BCUT2D eigenvalue weighted by atomic mass is 16.5. The molecule has 2 aromatic rings. The van der Waals surface area contributed by atoms with Gasteiger partial charge >= 0.3 is 0 Å². The Morgan fingerprint density at radius 2 is 1.76 bits per heavy atom. The highest BCUT2D eigenvalue weighted by Gasteiger charge is 2.38. The molecular formula is C26H37N5O3. The minimum atomic E-state index is -0.565. The minimum absolute atomic E-state index is 0.0223.